The highest BCUT2D eigenvalue weighted by Gasteiger charge is 2.20. The van der Waals surface area contributed by atoms with Gasteiger partial charge in [0.2, 0.25) is 5.91 Å². The number of nitrogens with one attached hydrogen (secondary N) is 2. The Morgan fingerprint density at radius 3 is 3.04 bits per heavy atom. The van der Waals surface area contributed by atoms with Gasteiger partial charge >= 0.3 is 0 Å². The quantitative estimate of drug-likeness (QED) is 0.853. The molecule has 0 bridgehead atoms. The lowest BCUT2D eigenvalue weighted by molar-refractivity contribution is -0.122. The van der Waals surface area contributed by atoms with Crippen molar-refractivity contribution in [3.63, 3.8) is 0 Å². The molecule has 3 rings (SSSR count). The Hall–Kier alpha value is -2.01. The topological polar surface area (TPSA) is 63.5 Å². The predicted molar refractivity (Wildman–Crippen MR) is 94.3 cm³/mol. The van der Waals surface area contributed by atoms with Crippen molar-refractivity contribution >= 4 is 16.9 Å². The second-order valence-electron chi connectivity index (χ2n) is 6.64. The minimum atomic E-state index is -0.141. The van der Waals surface area contributed by atoms with Gasteiger partial charge in [-0.25, -0.2) is 0 Å². The van der Waals surface area contributed by atoms with Crippen LogP contribution in [0.15, 0.2) is 22.6 Å². The summed E-state index contributed by atoms with van der Waals surface area (Å²) in [5.74, 6) is 2.34. The van der Waals surface area contributed by atoms with E-state index in [1.54, 1.807) is 7.11 Å². The number of hydrogen-bond donors (Lipinski definition) is 2. The molecule has 5 nitrogen and oxygen atoms in total. The first-order valence-electron chi connectivity index (χ1n) is 8.65. The maximum atomic E-state index is 12.2. The van der Waals surface area contributed by atoms with Crippen molar-refractivity contribution in [2.45, 2.75) is 39.2 Å². The monoisotopic (exact) mass is 330 g/mol. The van der Waals surface area contributed by atoms with Gasteiger partial charge in [-0.3, -0.25) is 4.79 Å². The zero-order valence-corrected chi connectivity index (χ0v) is 14.6. The molecular formula is C19H26N2O3. The highest BCUT2D eigenvalue weighted by atomic mass is 16.5. The Bertz CT molecular complexity index is 717. The summed E-state index contributed by atoms with van der Waals surface area (Å²) in [5.41, 5.74) is 1.87. The van der Waals surface area contributed by atoms with Crippen LogP contribution in [0, 0.1) is 12.8 Å². The fourth-order valence-corrected chi connectivity index (χ4v) is 3.43. The van der Waals surface area contributed by atoms with Crippen LogP contribution in [0.1, 0.15) is 43.6 Å². The molecule has 0 saturated carbocycles. The average Bonchev–Trinajstić information content (AvgIpc) is 3.21. The molecule has 1 aliphatic heterocycles. The van der Waals surface area contributed by atoms with Crippen molar-refractivity contribution in [3.8, 4) is 5.75 Å². The molecule has 1 aromatic carbocycles. The number of furan rings is 1. The third kappa shape index (κ3) is 3.56. The molecule has 2 heterocycles. The number of ether oxygens (including phenoxy) is 1. The van der Waals surface area contributed by atoms with Gasteiger partial charge in [0.1, 0.15) is 17.1 Å². The number of hydrogen-bond acceptors (Lipinski definition) is 4. The number of methoxy groups -OCH3 is 1. The number of aryl methyl sites for hydroxylation is 1. The fraction of sp³-hybridized carbons (Fsp3) is 0.526. The summed E-state index contributed by atoms with van der Waals surface area (Å²) < 4.78 is 11.2. The summed E-state index contributed by atoms with van der Waals surface area (Å²) in [7, 11) is 1.65. The number of rotatable bonds is 6. The summed E-state index contributed by atoms with van der Waals surface area (Å²) in [5, 5.41) is 7.43. The normalized spacial score (nSPS) is 18.7. The van der Waals surface area contributed by atoms with Crippen LogP contribution in [0.5, 0.6) is 5.75 Å². The van der Waals surface area contributed by atoms with E-state index in [1.807, 2.05) is 32.0 Å². The summed E-state index contributed by atoms with van der Waals surface area (Å²) in [4.78, 5) is 12.2. The van der Waals surface area contributed by atoms with Crippen LogP contribution < -0.4 is 15.4 Å². The second kappa shape index (κ2) is 7.26. The van der Waals surface area contributed by atoms with Crippen LogP contribution in [0.25, 0.3) is 11.0 Å². The van der Waals surface area contributed by atoms with E-state index in [-0.39, 0.29) is 11.9 Å². The number of amides is 1. The second-order valence-corrected chi connectivity index (χ2v) is 6.64. The molecule has 2 N–H and O–H groups in total. The molecule has 1 fully saturated rings. The van der Waals surface area contributed by atoms with Gasteiger partial charge in [-0.2, -0.15) is 0 Å². The standard InChI is InChI=1S/C19H26N2O3/c1-12-16-10-15(23-3)5-6-17(16)24-19(12)13(2)21-18(22)7-4-14-8-9-20-11-14/h5-6,10,13-14,20H,4,7-9,11H2,1-3H3,(H,21,22). The molecule has 24 heavy (non-hydrogen) atoms. The van der Waals surface area contributed by atoms with Crippen molar-refractivity contribution < 1.29 is 13.9 Å². The van der Waals surface area contributed by atoms with Crippen LogP contribution in [-0.4, -0.2) is 26.1 Å². The Kier molecular flexibility index (Phi) is 5.09. The van der Waals surface area contributed by atoms with Crippen molar-refractivity contribution in [2.24, 2.45) is 5.92 Å². The van der Waals surface area contributed by atoms with E-state index in [0.717, 1.165) is 47.6 Å². The molecule has 1 aromatic heterocycles. The maximum Gasteiger partial charge on any atom is 0.220 e. The first-order valence-corrected chi connectivity index (χ1v) is 8.65. The summed E-state index contributed by atoms with van der Waals surface area (Å²) in [6.45, 7) is 6.10. The molecule has 1 aliphatic rings. The van der Waals surface area contributed by atoms with Crippen molar-refractivity contribution in [1.29, 1.82) is 0 Å². The van der Waals surface area contributed by atoms with E-state index in [1.165, 1.54) is 6.42 Å². The van der Waals surface area contributed by atoms with Gasteiger partial charge in [-0.05, 0) is 63.9 Å². The lowest BCUT2D eigenvalue weighted by Crippen LogP contribution is -2.27. The molecule has 130 valence electrons. The van der Waals surface area contributed by atoms with E-state index in [0.29, 0.717) is 12.3 Å². The summed E-state index contributed by atoms with van der Waals surface area (Å²) >= 11 is 0. The van der Waals surface area contributed by atoms with Crippen LogP contribution in [0.3, 0.4) is 0 Å². The molecule has 1 saturated heterocycles. The van der Waals surface area contributed by atoms with E-state index in [4.69, 9.17) is 9.15 Å². The highest BCUT2D eigenvalue weighted by molar-refractivity contribution is 5.84. The minimum absolute atomic E-state index is 0.0897. The molecule has 5 heteroatoms. The molecule has 2 unspecified atom stereocenters. The van der Waals surface area contributed by atoms with Crippen molar-refractivity contribution in [2.75, 3.05) is 20.2 Å². The van der Waals surface area contributed by atoms with Gasteiger partial charge in [-0.15, -0.1) is 0 Å². The Morgan fingerprint density at radius 2 is 2.33 bits per heavy atom. The third-order valence-corrected chi connectivity index (χ3v) is 4.89. The lowest BCUT2D eigenvalue weighted by atomic mass is 10.0. The van der Waals surface area contributed by atoms with Crippen molar-refractivity contribution in [1.82, 2.24) is 10.6 Å². The third-order valence-electron chi connectivity index (χ3n) is 4.89. The highest BCUT2D eigenvalue weighted by Crippen LogP contribution is 2.32. The van der Waals surface area contributed by atoms with Crippen LogP contribution in [0.2, 0.25) is 0 Å². The largest absolute Gasteiger partial charge is 0.497 e. The molecular weight excluding hydrogens is 304 g/mol. The first kappa shape index (κ1) is 16.8. The van der Waals surface area contributed by atoms with Gasteiger partial charge < -0.3 is 19.8 Å². The Morgan fingerprint density at radius 1 is 1.50 bits per heavy atom. The Balaban J connectivity index is 1.65. The summed E-state index contributed by atoms with van der Waals surface area (Å²) in [6.07, 6.45) is 2.69. The zero-order chi connectivity index (χ0) is 17.1. The first-order chi connectivity index (χ1) is 11.6. The Labute approximate surface area is 142 Å². The molecule has 2 aromatic rings. The van der Waals surface area contributed by atoms with Gasteiger partial charge in [0, 0.05) is 17.4 Å². The van der Waals surface area contributed by atoms with Crippen molar-refractivity contribution in [3.05, 3.63) is 29.5 Å². The predicted octanol–water partition coefficient (Wildman–Crippen LogP) is 3.32. The van der Waals surface area contributed by atoms with Gasteiger partial charge in [-0.1, -0.05) is 0 Å². The van der Waals surface area contributed by atoms with E-state index >= 15 is 0 Å². The molecule has 0 aliphatic carbocycles. The number of benzene rings is 1. The summed E-state index contributed by atoms with van der Waals surface area (Å²) in [6, 6.07) is 5.62. The smallest absolute Gasteiger partial charge is 0.220 e. The van der Waals surface area contributed by atoms with Crippen LogP contribution >= 0.6 is 0 Å². The van der Waals surface area contributed by atoms with Gasteiger partial charge in [0.15, 0.2) is 0 Å². The maximum absolute atomic E-state index is 12.2. The minimum Gasteiger partial charge on any atom is -0.497 e. The molecule has 0 spiro atoms. The lowest BCUT2D eigenvalue weighted by Gasteiger charge is -2.14. The number of carbonyl (C=O) groups excluding carboxylic acids is 1. The van der Waals surface area contributed by atoms with E-state index < -0.39 is 0 Å². The average molecular weight is 330 g/mol. The van der Waals surface area contributed by atoms with E-state index in [9.17, 15) is 4.79 Å². The molecule has 1 amide bonds. The van der Waals surface area contributed by atoms with E-state index in [2.05, 4.69) is 10.6 Å². The number of fused-ring (bicyclic) bond motifs is 1. The van der Waals surface area contributed by atoms with Gasteiger partial charge in [0.25, 0.3) is 0 Å². The fourth-order valence-electron chi connectivity index (χ4n) is 3.43. The number of carbonyl (C=O) groups is 1. The zero-order valence-electron chi connectivity index (χ0n) is 14.6. The molecule has 0 radical (unpaired) electrons. The van der Waals surface area contributed by atoms with Crippen LogP contribution in [0.4, 0.5) is 0 Å². The SMILES string of the molecule is COc1ccc2oc(C(C)NC(=O)CCC3CCNC3)c(C)c2c1. The molecule has 2 atom stereocenters. The van der Waals surface area contributed by atoms with Gasteiger partial charge in [0.05, 0.1) is 13.2 Å². The van der Waals surface area contributed by atoms with Crippen LogP contribution in [-0.2, 0) is 4.79 Å².